The third-order valence-electron chi connectivity index (χ3n) is 3.70. The van der Waals surface area contributed by atoms with Crippen molar-refractivity contribution in [1.29, 1.82) is 0 Å². The van der Waals surface area contributed by atoms with Crippen LogP contribution in [0.5, 0.6) is 5.75 Å². The number of amides is 1. The van der Waals surface area contributed by atoms with Crippen molar-refractivity contribution in [2.45, 2.75) is 6.92 Å². The van der Waals surface area contributed by atoms with Crippen molar-refractivity contribution in [1.82, 2.24) is 5.43 Å². The Morgan fingerprint density at radius 2 is 1.76 bits per heavy atom. The number of fused-ring (bicyclic) bond motifs is 1. The molecule has 0 heterocycles. The maximum absolute atomic E-state index is 11.9. The van der Waals surface area contributed by atoms with Gasteiger partial charge in [0.05, 0.1) is 5.71 Å². The molecule has 3 rings (SSSR count). The zero-order valence-corrected chi connectivity index (χ0v) is 14.5. The minimum atomic E-state index is -0.324. The molecule has 0 unspecified atom stereocenters. The Kier molecular flexibility index (Phi) is 5.31. The maximum atomic E-state index is 11.9. The summed E-state index contributed by atoms with van der Waals surface area (Å²) in [4.78, 5) is 11.9. The Bertz CT molecular complexity index is 920. The molecule has 126 valence electrons. The number of ether oxygens (including phenoxy) is 1. The molecular formula is C20H17ClN2O2. The SMILES string of the molecule is CC(=NNC(=O)COc1ccc(Cl)cc1)c1ccc2ccccc2c1. The predicted octanol–water partition coefficient (Wildman–Crippen LogP) is 4.41. The minimum Gasteiger partial charge on any atom is -0.484 e. The molecule has 0 saturated carbocycles. The van der Waals surface area contributed by atoms with Crippen LogP contribution in [0.3, 0.4) is 0 Å². The average Bonchev–Trinajstić information content (AvgIpc) is 2.65. The molecule has 0 saturated heterocycles. The minimum absolute atomic E-state index is 0.115. The first-order valence-electron chi connectivity index (χ1n) is 7.82. The quantitative estimate of drug-likeness (QED) is 0.546. The fourth-order valence-corrected chi connectivity index (χ4v) is 2.46. The highest BCUT2D eigenvalue weighted by Crippen LogP contribution is 2.16. The van der Waals surface area contributed by atoms with Crippen molar-refractivity contribution in [3.63, 3.8) is 0 Å². The number of rotatable bonds is 5. The van der Waals surface area contributed by atoms with Crippen LogP contribution in [0, 0.1) is 0 Å². The number of nitrogens with zero attached hydrogens (tertiary/aromatic N) is 1. The first-order chi connectivity index (χ1) is 12.1. The summed E-state index contributed by atoms with van der Waals surface area (Å²) in [5.41, 5.74) is 4.19. The summed E-state index contributed by atoms with van der Waals surface area (Å²) in [6.07, 6.45) is 0. The van der Waals surface area contributed by atoms with Crippen molar-refractivity contribution in [3.05, 3.63) is 77.3 Å². The van der Waals surface area contributed by atoms with Crippen molar-refractivity contribution < 1.29 is 9.53 Å². The molecule has 0 aliphatic rings. The number of carbonyl (C=O) groups is 1. The average molecular weight is 353 g/mol. The van der Waals surface area contributed by atoms with Crippen LogP contribution < -0.4 is 10.2 Å². The van der Waals surface area contributed by atoms with Crippen molar-refractivity contribution >= 4 is 34.0 Å². The molecule has 0 fully saturated rings. The summed E-state index contributed by atoms with van der Waals surface area (Å²) < 4.78 is 5.38. The van der Waals surface area contributed by atoms with Crippen LogP contribution in [0.2, 0.25) is 5.02 Å². The van der Waals surface area contributed by atoms with E-state index in [1.807, 2.05) is 43.3 Å². The molecule has 0 aliphatic heterocycles. The second-order valence-electron chi connectivity index (χ2n) is 5.54. The monoisotopic (exact) mass is 352 g/mol. The summed E-state index contributed by atoms with van der Waals surface area (Å²) in [5.74, 6) is 0.255. The van der Waals surface area contributed by atoms with E-state index in [4.69, 9.17) is 16.3 Å². The molecule has 0 aromatic heterocycles. The number of benzene rings is 3. The van der Waals surface area contributed by atoms with Gasteiger partial charge in [0.2, 0.25) is 0 Å². The smallest absolute Gasteiger partial charge is 0.277 e. The van der Waals surface area contributed by atoms with Gasteiger partial charge in [-0.2, -0.15) is 5.10 Å². The lowest BCUT2D eigenvalue weighted by Gasteiger charge is -2.06. The molecule has 0 radical (unpaired) electrons. The highest BCUT2D eigenvalue weighted by Gasteiger charge is 2.04. The summed E-state index contributed by atoms with van der Waals surface area (Å²) in [6.45, 7) is 1.74. The van der Waals surface area contributed by atoms with E-state index in [0.29, 0.717) is 10.8 Å². The largest absolute Gasteiger partial charge is 0.484 e. The number of hydrazone groups is 1. The van der Waals surface area contributed by atoms with E-state index >= 15 is 0 Å². The lowest BCUT2D eigenvalue weighted by atomic mass is 10.0. The van der Waals surface area contributed by atoms with Crippen LogP contribution in [-0.4, -0.2) is 18.2 Å². The molecule has 0 spiro atoms. The Labute approximate surface area is 151 Å². The van der Waals surface area contributed by atoms with E-state index in [1.165, 1.54) is 5.39 Å². The highest BCUT2D eigenvalue weighted by atomic mass is 35.5. The Morgan fingerprint density at radius 3 is 2.52 bits per heavy atom. The molecule has 4 nitrogen and oxygen atoms in total. The van der Waals surface area contributed by atoms with Crippen molar-refractivity contribution in [3.8, 4) is 5.75 Å². The number of nitrogens with one attached hydrogen (secondary N) is 1. The molecule has 1 amide bonds. The van der Waals surface area contributed by atoms with E-state index in [2.05, 4.69) is 16.6 Å². The fourth-order valence-electron chi connectivity index (χ4n) is 2.34. The third-order valence-corrected chi connectivity index (χ3v) is 3.95. The van der Waals surface area contributed by atoms with E-state index in [1.54, 1.807) is 24.3 Å². The summed E-state index contributed by atoms with van der Waals surface area (Å²) in [7, 11) is 0. The van der Waals surface area contributed by atoms with Gasteiger partial charge in [-0.25, -0.2) is 5.43 Å². The zero-order chi connectivity index (χ0) is 17.6. The van der Waals surface area contributed by atoms with Gasteiger partial charge in [0.1, 0.15) is 5.75 Å². The number of hydrogen-bond donors (Lipinski definition) is 1. The second-order valence-corrected chi connectivity index (χ2v) is 5.97. The zero-order valence-electron chi connectivity index (χ0n) is 13.7. The van der Waals surface area contributed by atoms with Gasteiger partial charge in [-0.3, -0.25) is 4.79 Å². The molecule has 5 heteroatoms. The molecule has 3 aromatic rings. The molecule has 0 aliphatic carbocycles. The molecule has 0 atom stereocenters. The third kappa shape index (κ3) is 4.58. The van der Waals surface area contributed by atoms with Crippen LogP contribution >= 0.6 is 11.6 Å². The predicted molar refractivity (Wildman–Crippen MR) is 101 cm³/mol. The van der Waals surface area contributed by atoms with Gasteiger partial charge in [0.15, 0.2) is 6.61 Å². The summed E-state index contributed by atoms with van der Waals surface area (Å²) in [6, 6.07) is 21.0. The van der Waals surface area contributed by atoms with Crippen molar-refractivity contribution in [2.75, 3.05) is 6.61 Å². The van der Waals surface area contributed by atoms with Crippen LogP contribution in [0.25, 0.3) is 10.8 Å². The molecule has 1 N–H and O–H groups in total. The van der Waals surface area contributed by atoms with Gasteiger partial charge in [0.25, 0.3) is 5.91 Å². The number of hydrogen-bond acceptors (Lipinski definition) is 3. The standard InChI is InChI=1S/C20H17ClN2O2/c1-14(16-7-6-15-4-2-3-5-17(15)12-16)22-23-20(24)13-25-19-10-8-18(21)9-11-19/h2-12H,13H2,1H3,(H,23,24). The van der Waals surface area contributed by atoms with Gasteiger partial charge >= 0.3 is 0 Å². The van der Waals surface area contributed by atoms with Gasteiger partial charge in [-0.15, -0.1) is 0 Å². The van der Waals surface area contributed by atoms with E-state index in [-0.39, 0.29) is 12.5 Å². The lowest BCUT2D eigenvalue weighted by molar-refractivity contribution is -0.123. The summed E-state index contributed by atoms with van der Waals surface area (Å²) >= 11 is 5.80. The van der Waals surface area contributed by atoms with Gasteiger partial charge in [0, 0.05) is 5.02 Å². The molecule has 0 bridgehead atoms. The molecular weight excluding hydrogens is 336 g/mol. The van der Waals surface area contributed by atoms with E-state index in [9.17, 15) is 4.79 Å². The normalized spacial score (nSPS) is 11.4. The molecule has 25 heavy (non-hydrogen) atoms. The first kappa shape index (κ1) is 17.0. The van der Waals surface area contributed by atoms with Crippen molar-refractivity contribution in [2.24, 2.45) is 5.10 Å². The van der Waals surface area contributed by atoms with E-state index in [0.717, 1.165) is 16.7 Å². The maximum Gasteiger partial charge on any atom is 0.277 e. The van der Waals surface area contributed by atoms with E-state index < -0.39 is 0 Å². The van der Waals surface area contributed by atoms with Crippen LogP contribution in [0.1, 0.15) is 12.5 Å². The highest BCUT2D eigenvalue weighted by molar-refractivity contribution is 6.30. The first-order valence-corrected chi connectivity index (χ1v) is 8.20. The second kappa shape index (κ2) is 7.81. The van der Waals surface area contributed by atoms with Gasteiger partial charge in [-0.1, -0.05) is 48.0 Å². The van der Waals surface area contributed by atoms with Crippen LogP contribution in [0.15, 0.2) is 71.8 Å². The fraction of sp³-hybridized carbons (Fsp3) is 0.100. The lowest BCUT2D eigenvalue weighted by Crippen LogP contribution is -2.25. The Hall–Kier alpha value is -2.85. The topological polar surface area (TPSA) is 50.7 Å². The molecule has 3 aromatic carbocycles. The van der Waals surface area contributed by atoms with Crippen LogP contribution in [-0.2, 0) is 4.79 Å². The number of carbonyl (C=O) groups excluding carboxylic acids is 1. The van der Waals surface area contributed by atoms with Crippen LogP contribution in [0.4, 0.5) is 0 Å². The van der Waals surface area contributed by atoms with Gasteiger partial charge in [-0.05, 0) is 53.6 Å². The Morgan fingerprint density at radius 1 is 1.04 bits per heavy atom. The Balaban J connectivity index is 1.59. The summed E-state index contributed by atoms with van der Waals surface area (Å²) in [5, 5.41) is 7.06. The van der Waals surface area contributed by atoms with Gasteiger partial charge < -0.3 is 4.74 Å². The number of halogens is 1.